The highest BCUT2D eigenvalue weighted by molar-refractivity contribution is 7.98. The standard InChI is InChI=1S/C21H22N4O2S/c1-28-11-10-17(20-23-15-8-4-5-9-16(15)24-20)22-19(26)12-18-13-6-2-3-7-14(13)21(27)25-18/h2-9,17-18H,10-12H2,1H3,(H,22,26)(H,23,24)(H,25,27)/t17-,18+/m1/s1. The quantitative estimate of drug-likeness (QED) is 0.574. The lowest BCUT2D eigenvalue weighted by Gasteiger charge is -2.18. The van der Waals surface area contributed by atoms with Gasteiger partial charge >= 0.3 is 0 Å². The van der Waals surface area contributed by atoms with Gasteiger partial charge in [0.1, 0.15) is 5.82 Å². The van der Waals surface area contributed by atoms with Crippen molar-refractivity contribution in [3.8, 4) is 0 Å². The van der Waals surface area contributed by atoms with Crippen LogP contribution in [0.5, 0.6) is 0 Å². The molecular weight excluding hydrogens is 372 g/mol. The van der Waals surface area contributed by atoms with Crippen LogP contribution in [0.25, 0.3) is 11.0 Å². The maximum atomic E-state index is 12.8. The van der Waals surface area contributed by atoms with Crippen LogP contribution in [0.4, 0.5) is 0 Å². The maximum Gasteiger partial charge on any atom is 0.252 e. The molecule has 144 valence electrons. The first kappa shape index (κ1) is 18.6. The van der Waals surface area contributed by atoms with Gasteiger partial charge in [-0.25, -0.2) is 4.98 Å². The monoisotopic (exact) mass is 394 g/mol. The first-order valence-electron chi connectivity index (χ1n) is 9.28. The smallest absolute Gasteiger partial charge is 0.252 e. The van der Waals surface area contributed by atoms with Gasteiger partial charge in [0.2, 0.25) is 5.91 Å². The van der Waals surface area contributed by atoms with Crippen LogP contribution in [0, 0.1) is 0 Å². The number of aromatic amines is 1. The second kappa shape index (κ2) is 8.06. The van der Waals surface area contributed by atoms with E-state index in [4.69, 9.17) is 0 Å². The van der Waals surface area contributed by atoms with Gasteiger partial charge in [-0.05, 0) is 42.2 Å². The Morgan fingerprint density at radius 3 is 2.82 bits per heavy atom. The number of nitrogens with one attached hydrogen (secondary N) is 3. The number of benzene rings is 2. The Hall–Kier alpha value is -2.80. The minimum atomic E-state index is -0.291. The maximum absolute atomic E-state index is 12.8. The molecule has 2 aromatic carbocycles. The summed E-state index contributed by atoms with van der Waals surface area (Å²) >= 11 is 1.73. The molecule has 6 nitrogen and oxygen atoms in total. The fraction of sp³-hybridized carbons (Fsp3) is 0.286. The first-order valence-corrected chi connectivity index (χ1v) is 10.7. The number of amides is 2. The second-order valence-electron chi connectivity index (χ2n) is 6.86. The van der Waals surface area contributed by atoms with Crippen molar-refractivity contribution < 1.29 is 9.59 Å². The summed E-state index contributed by atoms with van der Waals surface area (Å²) < 4.78 is 0. The van der Waals surface area contributed by atoms with Crippen molar-refractivity contribution in [2.24, 2.45) is 0 Å². The summed E-state index contributed by atoms with van der Waals surface area (Å²) in [6, 6.07) is 14.8. The van der Waals surface area contributed by atoms with Crippen LogP contribution in [0.1, 0.15) is 46.7 Å². The summed E-state index contributed by atoms with van der Waals surface area (Å²) in [5.74, 6) is 1.45. The summed E-state index contributed by atoms with van der Waals surface area (Å²) in [6.45, 7) is 0. The number of thioether (sulfide) groups is 1. The van der Waals surface area contributed by atoms with Gasteiger partial charge in [0, 0.05) is 5.56 Å². The van der Waals surface area contributed by atoms with Crippen molar-refractivity contribution >= 4 is 34.6 Å². The van der Waals surface area contributed by atoms with Gasteiger partial charge in [-0.1, -0.05) is 30.3 Å². The van der Waals surface area contributed by atoms with Crippen LogP contribution >= 0.6 is 11.8 Å². The first-order chi connectivity index (χ1) is 13.7. The molecule has 1 aliphatic rings. The van der Waals surface area contributed by atoms with Gasteiger partial charge in [0.15, 0.2) is 0 Å². The van der Waals surface area contributed by atoms with Crippen LogP contribution in [0.15, 0.2) is 48.5 Å². The van der Waals surface area contributed by atoms with E-state index in [-0.39, 0.29) is 30.3 Å². The molecule has 4 rings (SSSR count). The Balaban J connectivity index is 1.49. The number of aromatic nitrogens is 2. The lowest BCUT2D eigenvalue weighted by Crippen LogP contribution is -2.32. The number of nitrogens with zero attached hydrogens (tertiary/aromatic N) is 1. The van der Waals surface area contributed by atoms with Crippen molar-refractivity contribution in [1.29, 1.82) is 0 Å². The van der Waals surface area contributed by atoms with Crippen LogP contribution in [-0.4, -0.2) is 33.8 Å². The van der Waals surface area contributed by atoms with E-state index in [1.54, 1.807) is 17.8 Å². The Bertz CT molecular complexity index is 983. The lowest BCUT2D eigenvalue weighted by molar-refractivity contribution is -0.122. The van der Waals surface area contributed by atoms with Crippen molar-refractivity contribution in [3.63, 3.8) is 0 Å². The van der Waals surface area contributed by atoms with Crippen molar-refractivity contribution in [3.05, 3.63) is 65.5 Å². The zero-order valence-corrected chi connectivity index (χ0v) is 16.4. The highest BCUT2D eigenvalue weighted by Crippen LogP contribution is 2.28. The number of hydrogen-bond acceptors (Lipinski definition) is 4. The fourth-order valence-corrected chi connectivity index (χ4v) is 4.04. The van der Waals surface area contributed by atoms with E-state index >= 15 is 0 Å². The number of imidazole rings is 1. The van der Waals surface area contributed by atoms with E-state index in [1.807, 2.05) is 48.7 Å². The summed E-state index contributed by atoms with van der Waals surface area (Å²) in [6.07, 6.45) is 3.03. The molecule has 1 aliphatic heterocycles. The number of rotatable bonds is 7. The fourth-order valence-electron chi connectivity index (χ4n) is 3.57. The third-order valence-electron chi connectivity index (χ3n) is 4.96. The molecule has 0 saturated heterocycles. The molecule has 0 radical (unpaired) electrons. The molecule has 28 heavy (non-hydrogen) atoms. The molecule has 0 fully saturated rings. The molecule has 2 atom stereocenters. The molecule has 2 amide bonds. The average Bonchev–Trinajstić information content (AvgIpc) is 3.27. The van der Waals surface area contributed by atoms with Gasteiger partial charge in [0.25, 0.3) is 5.91 Å². The van der Waals surface area contributed by atoms with Gasteiger partial charge in [0.05, 0.1) is 29.5 Å². The van der Waals surface area contributed by atoms with Crippen molar-refractivity contribution in [2.75, 3.05) is 12.0 Å². The molecule has 0 unspecified atom stereocenters. The highest BCUT2D eigenvalue weighted by atomic mass is 32.2. The Labute approximate surface area is 167 Å². The summed E-state index contributed by atoms with van der Waals surface area (Å²) in [5.41, 5.74) is 3.37. The normalized spacial score (nSPS) is 16.6. The van der Waals surface area contributed by atoms with E-state index in [0.29, 0.717) is 5.56 Å². The molecule has 1 aromatic heterocycles. The molecule has 0 spiro atoms. The highest BCUT2D eigenvalue weighted by Gasteiger charge is 2.30. The molecule has 7 heteroatoms. The van der Waals surface area contributed by atoms with Crippen molar-refractivity contribution in [1.82, 2.24) is 20.6 Å². The molecule has 2 heterocycles. The van der Waals surface area contributed by atoms with Gasteiger partial charge < -0.3 is 15.6 Å². The number of fused-ring (bicyclic) bond motifs is 2. The molecular formula is C21H22N4O2S. The Morgan fingerprint density at radius 1 is 1.21 bits per heavy atom. The van der Waals surface area contributed by atoms with Gasteiger partial charge in [-0.3, -0.25) is 9.59 Å². The van der Waals surface area contributed by atoms with Crippen LogP contribution < -0.4 is 10.6 Å². The average molecular weight is 395 g/mol. The Morgan fingerprint density at radius 2 is 2.00 bits per heavy atom. The van der Waals surface area contributed by atoms with Crippen LogP contribution in [-0.2, 0) is 4.79 Å². The number of carbonyl (C=O) groups excluding carboxylic acids is 2. The molecule has 0 aliphatic carbocycles. The topological polar surface area (TPSA) is 86.9 Å². The summed E-state index contributed by atoms with van der Waals surface area (Å²) in [4.78, 5) is 32.8. The number of hydrogen-bond donors (Lipinski definition) is 3. The van der Waals surface area contributed by atoms with E-state index in [9.17, 15) is 9.59 Å². The predicted molar refractivity (Wildman–Crippen MR) is 111 cm³/mol. The van der Waals surface area contributed by atoms with Crippen LogP contribution in [0.2, 0.25) is 0 Å². The molecule has 3 N–H and O–H groups in total. The van der Waals surface area contributed by atoms with E-state index in [2.05, 4.69) is 20.6 Å². The SMILES string of the molecule is CSCC[C@@H](NC(=O)C[C@@H]1NC(=O)c2ccccc21)c1nc2ccccc2[nH]1. The Kier molecular flexibility index (Phi) is 5.34. The minimum Gasteiger partial charge on any atom is -0.346 e. The largest absolute Gasteiger partial charge is 0.346 e. The zero-order chi connectivity index (χ0) is 19.5. The van der Waals surface area contributed by atoms with Crippen LogP contribution in [0.3, 0.4) is 0 Å². The second-order valence-corrected chi connectivity index (χ2v) is 7.84. The molecule has 3 aromatic rings. The zero-order valence-electron chi connectivity index (χ0n) is 15.6. The number of H-pyrrole nitrogens is 1. The van der Waals surface area contributed by atoms with E-state index in [1.165, 1.54) is 0 Å². The van der Waals surface area contributed by atoms with E-state index in [0.717, 1.165) is 34.6 Å². The molecule has 0 saturated carbocycles. The summed E-state index contributed by atoms with van der Waals surface area (Å²) in [7, 11) is 0. The van der Waals surface area contributed by atoms with Gasteiger partial charge in [-0.15, -0.1) is 0 Å². The minimum absolute atomic E-state index is 0.103. The predicted octanol–water partition coefficient (Wildman–Crippen LogP) is 3.35. The van der Waals surface area contributed by atoms with Crippen molar-refractivity contribution in [2.45, 2.75) is 24.9 Å². The lowest BCUT2D eigenvalue weighted by atomic mass is 10.0. The molecule has 0 bridgehead atoms. The third kappa shape index (κ3) is 3.75. The number of carbonyl (C=O) groups is 2. The van der Waals surface area contributed by atoms with Gasteiger partial charge in [-0.2, -0.15) is 11.8 Å². The third-order valence-corrected chi connectivity index (χ3v) is 5.60. The van der Waals surface area contributed by atoms with E-state index < -0.39 is 0 Å². The summed E-state index contributed by atoms with van der Waals surface area (Å²) in [5, 5.41) is 6.00. The number of para-hydroxylation sites is 2.